The minimum Gasteiger partial charge on any atom is -0.377 e. The molecule has 0 radical (unpaired) electrons. The van der Waals surface area contributed by atoms with E-state index in [9.17, 15) is 43.9 Å². The highest BCUT2D eigenvalue weighted by Gasteiger charge is 2.73. The Kier molecular flexibility index (Phi) is 23.2. The predicted octanol–water partition coefficient (Wildman–Crippen LogP) is 6.83. The van der Waals surface area contributed by atoms with E-state index in [0.29, 0.717) is 0 Å². The van der Waals surface area contributed by atoms with Gasteiger partial charge < -0.3 is 13.3 Å². The Morgan fingerprint density at radius 3 is 1.20 bits per heavy atom. The van der Waals surface area contributed by atoms with E-state index < -0.39 is 53.1 Å². The van der Waals surface area contributed by atoms with Crippen LogP contribution in [0.25, 0.3) is 0 Å². The molecule has 0 atom stereocenters. The molecule has 192 valence electrons. The molecule has 0 rings (SSSR count). The average Bonchev–Trinajstić information content (AvgIpc) is 2.51. The van der Waals surface area contributed by atoms with Gasteiger partial charge in [-0.1, -0.05) is 29.7 Å². The highest BCUT2D eigenvalue weighted by atomic mass is 28.4. The Bertz CT molecular complexity index is 397. The molecule has 0 aliphatic rings. The number of halogens is 10. The highest BCUT2D eigenvalue weighted by Crippen LogP contribution is 2.47. The predicted molar refractivity (Wildman–Crippen MR) is 97.0 cm³/mol. The normalized spacial score (nSPS) is 12.2. The molecule has 0 amide bonds. The van der Waals surface area contributed by atoms with E-state index in [-0.39, 0.29) is 35.8 Å². The summed E-state index contributed by atoms with van der Waals surface area (Å²) in [4.78, 5) is 0. The summed E-state index contributed by atoms with van der Waals surface area (Å²) >= 11 is 0. The van der Waals surface area contributed by atoms with Crippen LogP contribution in [0.5, 0.6) is 0 Å². The summed E-state index contributed by atoms with van der Waals surface area (Å²) in [5, 5.41) is 0. The third-order valence-corrected chi connectivity index (χ3v) is 5.35. The molecule has 0 spiro atoms. The number of rotatable bonds is 10. The van der Waals surface area contributed by atoms with Crippen LogP contribution in [0.15, 0.2) is 0 Å². The van der Waals surface area contributed by atoms with Crippen molar-refractivity contribution in [2.45, 2.75) is 66.7 Å². The lowest BCUT2D eigenvalue weighted by Gasteiger charge is -2.31. The second-order valence-corrected chi connectivity index (χ2v) is 7.68. The zero-order valence-corrected chi connectivity index (χ0v) is 15.0. The van der Waals surface area contributed by atoms with Gasteiger partial charge in [0, 0.05) is 34.3 Å². The van der Waals surface area contributed by atoms with E-state index in [1.54, 1.807) is 0 Å². The summed E-state index contributed by atoms with van der Waals surface area (Å²) in [7, 11) is 1.81. The van der Waals surface area contributed by atoms with Gasteiger partial charge in [-0.15, -0.1) is 0 Å². The van der Waals surface area contributed by atoms with Gasteiger partial charge in [0.1, 0.15) is 0 Å². The molecule has 0 aromatic carbocycles. The molecule has 0 bridgehead atoms. The number of hydrogen-bond donors (Lipinski definition) is 0. The summed E-state index contributed by atoms with van der Waals surface area (Å²) < 4.78 is 137. The second kappa shape index (κ2) is 16.1. The fourth-order valence-corrected chi connectivity index (χ4v) is 2.55. The van der Waals surface area contributed by atoms with Crippen molar-refractivity contribution in [2.24, 2.45) is 0 Å². The van der Waals surface area contributed by atoms with Crippen LogP contribution in [0, 0.1) is 0 Å². The van der Waals surface area contributed by atoms with Crippen molar-refractivity contribution in [3.05, 3.63) is 0 Å². The summed E-state index contributed by atoms with van der Waals surface area (Å²) in [5.41, 5.74) is 0. The van der Waals surface area contributed by atoms with Gasteiger partial charge in [0.25, 0.3) is 0 Å². The Morgan fingerprint density at radius 1 is 0.700 bits per heavy atom. The molecule has 4 nitrogen and oxygen atoms in total. The molecule has 0 saturated carbocycles. The van der Waals surface area contributed by atoms with Crippen LogP contribution in [0.1, 0.15) is 36.6 Å². The first-order valence-corrected chi connectivity index (χ1v) is 8.43. The standard InChI is InChI=1S/C6H5F9O.C5H13FO3Si.4CH4/c1-3(8,9)5(12,13)6(14,15)16-4(10,11)2-7;1-7-10(8-2,9-3)5-4-6;;;;/h2H2,1H3;4-5H2,1-3H3;4*1H4. The third kappa shape index (κ3) is 12.3. The summed E-state index contributed by atoms with van der Waals surface area (Å²) in [6.07, 6.45) is -11.5. The molecule has 30 heavy (non-hydrogen) atoms. The molecular weight excluding hydrogens is 462 g/mol. The van der Waals surface area contributed by atoms with Crippen LogP contribution < -0.4 is 0 Å². The van der Waals surface area contributed by atoms with Crippen molar-refractivity contribution >= 4 is 8.80 Å². The second-order valence-electron chi connectivity index (χ2n) is 4.59. The molecule has 0 saturated heterocycles. The van der Waals surface area contributed by atoms with E-state index in [2.05, 4.69) is 4.74 Å². The number of alkyl halides is 10. The maximum absolute atomic E-state index is 12.3. The third-order valence-electron chi connectivity index (χ3n) is 2.68. The number of ether oxygens (including phenoxy) is 1. The van der Waals surface area contributed by atoms with E-state index in [1.807, 2.05) is 0 Å². The maximum atomic E-state index is 12.3. The molecule has 0 aliphatic heterocycles. The fraction of sp³-hybridized carbons (Fsp3) is 1.00. The smallest absolute Gasteiger partial charge is 0.377 e. The Morgan fingerprint density at radius 2 is 1.03 bits per heavy atom. The maximum Gasteiger partial charge on any atom is 0.502 e. The van der Waals surface area contributed by atoms with Gasteiger partial charge in [-0.3, -0.25) is 4.39 Å². The van der Waals surface area contributed by atoms with E-state index in [0.717, 1.165) is 0 Å². The monoisotopic (exact) mass is 496 g/mol. The summed E-state index contributed by atoms with van der Waals surface area (Å²) in [6, 6.07) is 0.219. The van der Waals surface area contributed by atoms with Crippen molar-refractivity contribution in [3.8, 4) is 0 Å². The lowest BCUT2D eigenvalue weighted by Crippen LogP contribution is -2.56. The average molecular weight is 496 g/mol. The van der Waals surface area contributed by atoms with Crippen molar-refractivity contribution in [2.75, 3.05) is 34.7 Å². The zero-order valence-electron chi connectivity index (χ0n) is 14.0. The van der Waals surface area contributed by atoms with Crippen molar-refractivity contribution in [1.29, 1.82) is 0 Å². The van der Waals surface area contributed by atoms with Gasteiger partial charge in [0.05, 0.1) is 6.67 Å². The van der Waals surface area contributed by atoms with Gasteiger partial charge in [0.15, 0.2) is 6.67 Å². The van der Waals surface area contributed by atoms with Crippen molar-refractivity contribution < 1.29 is 61.9 Å². The topological polar surface area (TPSA) is 36.9 Å². The first kappa shape index (κ1) is 43.3. The quantitative estimate of drug-likeness (QED) is 0.246. The minimum absolute atomic E-state index is 0. The van der Waals surface area contributed by atoms with Gasteiger partial charge in [-0.2, -0.15) is 35.1 Å². The first-order chi connectivity index (χ1) is 11.5. The van der Waals surface area contributed by atoms with Crippen LogP contribution >= 0.6 is 0 Å². The van der Waals surface area contributed by atoms with Crippen LogP contribution in [0.4, 0.5) is 43.9 Å². The largest absolute Gasteiger partial charge is 0.502 e. The van der Waals surface area contributed by atoms with Crippen molar-refractivity contribution in [1.82, 2.24) is 0 Å². The summed E-state index contributed by atoms with van der Waals surface area (Å²) in [5.74, 6) is -11.5. The van der Waals surface area contributed by atoms with Crippen LogP contribution in [-0.2, 0) is 18.0 Å². The fourth-order valence-electron chi connectivity index (χ4n) is 1.21. The Balaban J connectivity index is -0.0000000913. The van der Waals surface area contributed by atoms with Gasteiger partial charge >= 0.3 is 32.9 Å². The Hall–Kier alpha value is -0.643. The van der Waals surface area contributed by atoms with E-state index >= 15 is 0 Å². The SMILES string of the molecule is C.C.C.C.CC(F)(F)C(F)(F)C(F)(F)OC(F)(F)CF.CO[Si](CCF)(OC)OC. The number of hydrogen-bond acceptors (Lipinski definition) is 4. The molecule has 0 aliphatic carbocycles. The van der Waals surface area contributed by atoms with Gasteiger partial charge in [-0.25, -0.2) is 9.13 Å². The van der Waals surface area contributed by atoms with Gasteiger partial charge in [0.2, 0.25) is 0 Å². The van der Waals surface area contributed by atoms with E-state index in [4.69, 9.17) is 13.3 Å². The molecule has 0 aromatic rings. The van der Waals surface area contributed by atoms with Gasteiger partial charge in [-0.05, 0) is 0 Å². The molecule has 0 unspecified atom stereocenters. The first-order valence-electron chi connectivity index (χ1n) is 6.50. The molecule has 0 fully saturated rings. The highest BCUT2D eigenvalue weighted by molar-refractivity contribution is 6.60. The van der Waals surface area contributed by atoms with Crippen LogP contribution in [0.2, 0.25) is 6.04 Å². The molecule has 0 aromatic heterocycles. The van der Waals surface area contributed by atoms with Crippen LogP contribution in [-0.4, -0.2) is 67.5 Å². The minimum atomic E-state index is -6.21. The molecule has 15 heteroatoms. The Labute approximate surface area is 173 Å². The molecular formula is C15H34F10O4Si. The molecule has 0 heterocycles. The van der Waals surface area contributed by atoms with Crippen molar-refractivity contribution in [3.63, 3.8) is 0 Å². The lowest BCUT2D eigenvalue weighted by molar-refractivity contribution is -0.456. The van der Waals surface area contributed by atoms with Crippen LogP contribution in [0.3, 0.4) is 0 Å². The summed E-state index contributed by atoms with van der Waals surface area (Å²) in [6.45, 7) is -3.94. The van der Waals surface area contributed by atoms with E-state index in [1.165, 1.54) is 21.3 Å². The zero-order chi connectivity index (χ0) is 21.4. The lowest BCUT2D eigenvalue weighted by atomic mass is 10.2. The molecule has 0 N–H and O–H groups in total.